The van der Waals surface area contributed by atoms with Gasteiger partial charge in [0.05, 0.1) is 5.56 Å². The molecule has 1 aliphatic rings. The molecule has 0 spiro atoms. The van der Waals surface area contributed by atoms with Gasteiger partial charge in [0.1, 0.15) is 6.23 Å². The van der Waals surface area contributed by atoms with Crippen LogP contribution in [-0.4, -0.2) is 46.3 Å². The van der Waals surface area contributed by atoms with Gasteiger partial charge in [0.25, 0.3) is 5.56 Å². The van der Waals surface area contributed by atoms with Crippen LogP contribution in [0.15, 0.2) is 46.1 Å². The molecular formula is C18H21N2O9P. The van der Waals surface area contributed by atoms with Gasteiger partial charge in [-0.2, -0.15) is 0 Å². The second-order valence-corrected chi connectivity index (χ2v) is 8.50. The lowest BCUT2D eigenvalue weighted by Gasteiger charge is -2.20. The highest BCUT2D eigenvalue weighted by Gasteiger charge is 2.41. The number of hydrogen-bond donors (Lipinski definition) is 2. The summed E-state index contributed by atoms with van der Waals surface area (Å²) < 4.78 is 33.8. The summed E-state index contributed by atoms with van der Waals surface area (Å²) in [5, 5.41) is 0. The monoisotopic (exact) mass is 440 g/mol. The maximum absolute atomic E-state index is 12.4. The van der Waals surface area contributed by atoms with Crippen LogP contribution in [0.1, 0.15) is 28.6 Å². The van der Waals surface area contributed by atoms with E-state index < -0.39 is 49.8 Å². The topological polar surface area (TPSA) is 146 Å². The van der Waals surface area contributed by atoms with Gasteiger partial charge >= 0.3 is 19.3 Å². The van der Waals surface area contributed by atoms with Crippen molar-refractivity contribution in [3.8, 4) is 0 Å². The number of H-pyrrole nitrogens is 1. The van der Waals surface area contributed by atoms with E-state index in [4.69, 9.17) is 14.2 Å². The Bertz CT molecular complexity index is 1070. The molecule has 4 atom stereocenters. The standard InChI is InChI=1S/C18H21N2O9P/c1-11-9-20(18(23)19-15(11)21)14-8-13(17(29-14)27-10-30(24,25)26-2)28-16(22)12-6-4-3-5-7-12/h3-7,9,13-14,17H,8,10H2,1-2H3,(H,24,25)(H,19,21,23)/t13-,14+,17-/m0/s1. The van der Waals surface area contributed by atoms with E-state index in [1.54, 1.807) is 30.3 Å². The summed E-state index contributed by atoms with van der Waals surface area (Å²) in [6.07, 6.45) is -2.54. The number of ether oxygens (including phenoxy) is 3. The average Bonchev–Trinajstić information content (AvgIpc) is 3.12. The Morgan fingerprint density at radius 1 is 1.33 bits per heavy atom. The van der Waals surface area contributed by atoms with Gasteiger partial charge < -0.3 is 23.6 Å². The smallest absolute Gasteiger partial charge is 0.353 e. The normalized spacial score (nSPS) is 23.1. The number of aromatic amines is 1. The van der Waals surface area contributed by atoms with Crippen molar-refractivity contribution in [1.82, 2.24) is 9.55 Å². The van der Waals surface area contributed by atoms with Crippen molar-refractivity contribution < 1.29 is 33.0 Å². The number of carbonyl (C=O) groups excluding carboxylic acids is 1. The Hall–Kier alpha value is -2.56. The lowest BCUT2D eigenvalue weighted by Crippen LogP contribution is -2.33. The quantitative estimate of drug-likeness (QED) is 0.478. The molecular weight excluding hydrogens is 419 g/mol. The third-order valence-corrected chi connectivity index (χ3v) is 5.49. The first-order valence-electron chi connectivity index (χ1n) is 8.93. The van der Waals surface area contributed by atoms with Crippen molar-refractivity contribution in [3.05, 3.63) is 68.5 Å². The van der Waals surface area contributed by atoms with Crippen LogP contribution in [0.25, 0.3) is 0 Å². The van der Waals surface area contributed by atoms with Crippen molar-refractivity contribution >= 4 is 13.6 Å². The minimum absolute atomic E-state index is 0.0113. The number of aryl methyl sites for hydroxylation is 1. The largest absolute Gasteiger partial charge is 0.453 e. The van der Waals surface area contributed by atoms with Crippen molar-refractivity contribution in [1.29, 1.82) is 0 Å². The van der Waals surface area contributed by atoms with Crippen LogP contribution in [0.2, 0.25) is 0 Å². The van der Waals surface area contributed by atoms with Gasteiger partial charge in [0, 0.05) is 25.3 Å². The molecule has 2 N–H and O–H groups in total. The van der Waals surface area contributed by atoms with Crippen LogP contribution >= 0.6 is 7.60 Å². The predicted octanol–water partition coefficient (Wildman–Crippen LogP) is 1.12. The number of nitrogens with one attached hydrogen (secondary N) is 1. The highest BCUT2D eigenvalue weighted by molar-refractivity contribution is 7.52. The fourth-order valence-electron chi connectivity index (χ4n) is 2.84. The minimum Gasteiger partial charge on any atom is -0.453 e. The van der Waals surface area contributed by atoms with Gasteiger partial charge in [-0.25, -0.2) is 9.59 Å². The average molecular weight is 440 g/mol. The van der Waals surface area contributed by atoms with E-state index in [-0.39, 0.29) is 12.0 Å². The van der Waals surface area contributed by atoms with Gasteiger partial charge in [0.15, 0.2) is 18.7 Å². The van der Waals surface area contributed by atoms with Crippen molar-refractivity contribution in [2.24, 2.45) is 0 Å². The van der Waals surface area contributed by atoms with Crippen molar-refractivity contribution in [2.45, 2.75) is 32.0 Å². The number of rotatable bonds is 7. The molecule has 0 bridgehead atoms. The zero-order valence-electron chi connectivity index (χ0n) is 16.2. The van der Waals surface area contributed by atoms with E-state index in [1.165, 1.54) is 13.1 Å². The zero-order valence-corrected chi connectivity index (χ0v) is 17.1. The first-order chi connectivity index (χ1) is 14.2. The summed E-state index contributed by atoms with van der Waals surface area (Å²) >= 11 is 0. The summed E-state index contributed by atoms with van der Waals surface area (Å²) in [7, 11) is -2.97. The molecule has 30 heavy (non-hydrogen) atoms. The lowest BCUT2D eigenvalue weighted by atomic mass is 10.2. The first-order valence-corrected chi connectivity index (χ1v) is 10.7. The number of esters is 1. The summed E-state index contributed by atoms with van der Waals surface area (Å²) in [6, 6.07) is 8.21. The summed E-state index contributed by atoms with van der Waals surface area (Å²) in [5.41, 5.74) is -0.675. The minimum atomic E-state index is -4.02. The van der Waals surface area contributed by atoms with Crippen LogP contribution in [0, 0.1) is 6.92 Å². The zero-order chi connectivity index (χ0) is 21.9. The molecule has 3 rings (SSSR count). The van der Waals surface area contributed by atoms with Crippen LogP contribution in [0.5, 0.6) is 0 Å². The van der Waals surface area contributed by atoms with Gasteiger partial charge in [0.2, 0.25) is 0 Å². The summed E-state index contributed by atoms with van der Waals surface area (Å²) in [5.74, 6) is -0.651. The number of carbonyl (C=O) groups is 1. The number of benzene rings is 1. The fraction of sp³-hybridized carbons (Fsp3) is 0.389. The molecule has 1 aliphatic heterocycles. The van der Waals surface area contributed by atoms with Crippen LogP contribution in [0.4, 0.5) is 0 Å². The van der Waals surface area contributed by atoms with E-state index in [0.29, 0.717) is 5.56 Å². The molecule has 0 saturated carbocycles. The second kappa shape index (κ2) is 9.07. The Labute approximate surface area is 170 Å². The SMILES string of the molecule is COP(=O)(O)CO[C@H]1O[C@@H](n2cc(C)c(=O)[nH]c2=O)C[C@@H]1OC(=O)c1ccccc1. The van der Waals surface area contributed by atoms with E-state index in [0.717, 1.165) is 11.7 Å². The highest BCUT2D eigenvalue weighted by atomic mass is 31.2. The Morgan fingerprint density at radius 3 is 2.70 bits per heavy atom. The Kier molecular flexibility index (Phi) is 6.69. The molecule has 12 heteroatoms. The van der Waals surface area contributed by atoms with Crippen molar-refractivity contribution in [2.75, 3.05) is 13.5 Å². The van der Waals surface area contributed by atoms with Gasteiger partial charge in [-0.05, 0) is 19.1 Å². The van der Waals surface area contributed by atoms with Gasteiger partial charge in [-0.15, -0.1) is 0 Å². The highest BCUT2D eigenvalue weighted by Crippen LogP contribution is 2.42. The molecule has 0 aliphatic carbocycles. The van der Waals surface area contributed by atoms with Crippen LogP contribution < -0.4 is 11.2 Å². The van der Waals surface area contributed by atoms with E-state index in [1.807, 2.05) is 0 Å². The third-order valence-electron chi connectivity index (χ3n) is 4.44. The Balaban J connectivity index is 1.83. The van der Waals surface area contributed by atoms with E-state index in [2.05, 4.69) is 9.51 Å². The van der Waals surface area contributed by atoms with Crippen LogP contribution in [-0.2, 0) is 23.3 Å². The molecule has 1 aromatic carbocycles. The van der Waals surface area contributed by atoms with Gasteiger partial charge in [-0.1, -0.05) is 18.2 Å². The molecule has 0 radical (unpaired) electrons. The molecule has 2 aromatic rings. The fourth-order valence-corrected chi connectivity index (χ4v) is 3.28. The molecule has 1 fully saturated rings. The molecule has 1 saturated heterocycles. The second-order valence-electron chi connectivity index (χ2n) is 6.60. The van der Waals surface area contributed by atoms with Crippen LogP contribution in [0.3, 0.4) is 0 Å². The molecule has 11 nitrogen and oxygen atoms in total. The molecule has 162 valence electrons. The van der Waals surface area contributed by atoms with Crippen molar-refractivity contribution in [3.63, 3.8) is 0 Å². The maximum Gasteiger partial charge on any atom is 0.353 e. The molecule has 1 aromatic heterocycles. The van der Waals surface area contributed by atoms with E-state index in [9.17, 15) is 23.8 Å². The molecule has 2 heterocycles. The third kappa shape index (κ3) is 5.13. The number of aromatic nitrogens is 2. The van der Waals surface area contributed by atoms with Gasteiger partial charge in [-0.3, -0.25) is 18.9 Å². The lowest BCUT2D eigenvalue weighted by molar-refractivity contribution is -0.169. The number of hydrogen-bond acceptors (Lipinski definition) is 8. The molecule has 0 amide bonds. The number of nitrogens with zero attached hydrogens (tertiary/aromatic N) is 1. The summed E-state index contributed by atoms with van der Waals surface area (Å²) in [6.45, 7) is 1.52. The molecule has 1 unspecified atom stereocenters. The Morgan fingerprint density at radius 2 is 2.03 bits per heavy atom. The predicted molar refractivity (Wildman–Crippen MR) is 103 cm³/mol. The van der Waals surface area contributed by atoms with E-state index >= 15 is 0 Å². The maximum atomic E-state index is 12.4. The summed E-state index contributed by atoms with van der Waals surface area (Å²) in [4.78, 5) is 48.0. The first kappa shape index (κ1) is 22.1.